The van der Waals surface area contributed by atoms with E-state index in [4.69, 9.17) is 4.42 Å². The second-order valence-corrected chi connectivity index (χ2v) is 2.87. The SMILES string of the molecule is C1=NCCCC1=Cc1ccco1. The number of furan rings is 1. The van der Waals surface area contributed by atoms with Crippen molar-refractivity contribution in [3.05, 3.63) is 29.7 Å². The van der Waals surface area contributed by atoms with Crippen LogP contribution in [0.4, 0.5) is 0 Å². The van der Waals surface area contributed by atoms with E-state index in [-0.39, 0.29) is 0 Å². The van der Waals surface area contributed by atoms with Gasteiger partial charge in [-0.1, -0.05) is 0 Å². The van der Waals surface area contributed by atoms with Crippen molar-refractivity contribution < 1.29 is 4.42 Å². The number of hydrogen-bond donors (Lipinski definition) is 0. The van der Waals surface area contributed by atoms with Crippen LogP contribution in [0.5, 0.6) is 0 Å². The molecule has 0 atom stereocenters. The number of nitrogens with zero attached hydrogens (tertiary/aromatic N) is 1. The molecule has 0 saturated heterocycles. The number of allylic oxidation sites excluding steroid dienone is 1. The van der Waals surface area contributed by atoms with Gasteiger partial charge in [-0.15, -0.1) is 0 Å². The molecule has 62 valence electrons. The largest absolute Gasteiger partial charge is 0.465 e. The molecule has 0 N–H and O–H groups in total. The molecule has 2 heteroatoms. The zero-order valence-electron chi connectivity index (χ0n) is 6.86. The van der Waals surface area contributed by atoms with Crippen LogP contribution >= 0.6 is 0 Å². The molecule has 0 aromatic carbocycles. The topological polar surface area (TPSA) is 25.5 Å². The van der Waals surface area contributed by atoms with Crippen molar-refractivity contribution in [3.63, 3.8) is 0 Å². The van der Waals surface area contributed by atoms with Crippen molar-refractivity contribution in [2.45, 2.75) is 12.8 Å². The Kier molecular flexibility index (Phi) is 2.08. The van der Waals surface area contributed by atoms with E-state index in [1.54, 1.807) is 6.26 Å². The van der Waals surface area contributed by atoms with Gasteiger partial charge in [0.2, 0.25) is 0 Å². The monoisotopic (exact) mass is 161 g/mol. The fourth-order valence-electron chi connectivity index (χ4n) is 1.29. The van der Waals surface area contributed by atoms with Crippen LogP contribution in [-0.4, -0.2) is 12.8 Å². The van der Waals surface area contributed by atoms with Crippen molar-refractivity contribution in [1.82, 2.24) is 0 Å². The molecule has 0 spiro atoms. The second kappa shape index (κ2) is 3.39. The summed E-state index contributed by atoms with van der Waals surface area (Å²) in [6.07, 6.45) is 7.94. The molecule has 0 unspecified atom stereocenters. The van der Waals surface area contributed by atoms with Gasteiger partial charge in [0.25, 0.3) is 0 Å². The first-order valence-electron chi connectivity index (χ1n) is 4.19. The molecule has 1 aliphatic heterocycles. The van der Waals surface area contributed by atoms with Crippen molar-refractivity contribution in [2.24, 2.45) is 4.99 Å². The van der Waals surface area contributed by atoms with E-state index in [0.717, 1.165) is 25.1 Å². The summed E-state index contributed by atoms with van der Waals surface area (Å²) in [5.41, 5.74) is 1.26. The lowest BCUT2D eigenvalue weighted by Crippen LogP contribution is -1.95. The predicted molar refractivity (Wildman–Crippen MR) is 49.3 cm³/mol. The molecular formula is C10H11NO. The number of rotatable bonds is 1. The van der Waals surface area contributed by atoms with Gasteiger partial charge in [-0.25, -0.2) is 0 Å². The van der Waals surface area contributed by atoms with Gasteiger partial charge in [0.05, 0.1) is 6.26 Å². The van der Waals surface area contributed by atoms with E-state index in [0.29, 0.717) is 0 Å². The third-order valence-electron chi connectivity index (χ3n) is 1.88. The third-order valence-corrected chi connectivity index (χ3v) is 1.88. The van der Waals surface area contributed by atoms with Crippen molar-refractivity contribution >= 4 is 12.3 Å². The standard InChI is InChI=1S/C10H11NO/c1-3-9(8-11-5-1)7-10-4-2-6-12-10/h2,4,6-8H,1,3,5H2. The first-order chi connectivity index (χ1) is 5.95. The minimum absolute atomic E-state index is 0.915. The van der Waals surface area contributed by atoms with E-state index in [1.807, 2.05) is 24.4 Å². The molecule has 1 aliphatic rings. The van der Waals surface area contributed by atoms with Crippen LogP contribution < -0.4 is 0 Å². The van der Waals surface area contributed by atoms with Crippen LogP contribution in [-0.2, 0) is 0 Å². The molecule has 0 amide bonds. The summed E-state index contributed by atoms with van der Waals surface area (Å²) in [6, 6.07) is 3.85. The van der Waals surface area contributed by atoms with E-state index in [9.17, 15) is 0 Å². The van der Waals surface area contributed by atoms with E-state index >= 15 is 0 Å². The van der Waals surface area contributed by atoms with Crippen molar-refractivity contribution in [2.75, 3.05) is 6.54 Å². The van der Waals surface area contributed by atoms with Crippen molar-refractivity contribution in [3.8, 4) is 0 Å². The summed E-state index contributed by atoms with van der Waals surface area (Å²) in [5, 5.41) is 0. The van der Waals surface area contributed by atoms with Gasteiger partial charge in [0.15, 0.2) is 0 Å². The second-order valence-electron chi connectivity index (χ2n) is 2.87. The van der Waals surface area contributed by atoms with Gasteiger partial charge in [0.1, 0.15) is 5.76 Å². The van der Waals surface area contributed by atoms with E-state index < -0.39 is 0 Å². The minimum Gasteiger partial charge on any atom is -0.465 e. The first-order valence-corrected chi connectivity index (χ1v) is 4.19. The molecule has 0 aliphatic carbocycles. The molecule has 2 rings (SSSR count). The zero-order chi connectivity index (χ0) is 8.23. The smallest absolute Gasteiger partial charge is 0.126 e. The summed E-state index contributed by atoms with van der Waals surface area (Å²) < 4.78 is 5.20. The van der Waals surface area contributed by atoms with Gasteiger partial charge in [-0.05, 0) is 36.6 Å². The Bertz CT molecular complexity index is 296. The quantitative estimate of drug-likeness (QED) is 0.621. The molecular weight excluding hydrogens is 150 g/mol. The first kappa shape index (κ1) is 7.35. The Balaban J connectivity index is 2.17. The summed E-state index contributed by atoms with van der Waals surface area (Å²) in [7, 11) is 0. The van der Waals surface area contributed by atoms with Gasteiger partial charge in [-0.3, -0.25) is 4.99 Å². The highest BCUT2D eigenvalue weighted by molar-refractivity contribution is 5.85. The zero-order valence-corrected chi connectivity index (χ0v) is 6.86. The average Bonchev–Trinajstić information content (AvgIpc) is 2.59. The molecule has 12 heavy (non-hydrogen) atoms. The van der Waals surface area contributed by atoms with Crippen LogP contribution in [0.1, 0.15) is 18.6 Å². The highest BCUT2D eigenvalue weighted by atomic mass is 16.3. The summed E-state index contributed by atoms with van der Waals surface area (Å²) in [4.78, 5) is 4.20. The summed E-state index contributed by atoms with van der Waals surface area (Å²) in [5.74, 6) is 0.915. The Hall–Kier alpha value is -1.31. The van der Waals surface area contributed by atoms with Gasteiger partial charge in [0, 0.05) is 12.8 Å². The summed E-state index contributed by atoms with van der Waals surface area (Å²) >= 11 is 0. The molecule has 2 nitrogen and oxygen atoms in total. The van der Waals surface area contributed by atoms with Crippen LogP contribution in [0.15, 0.2) is 33.4 Å². The normalized spacial score (nSPS) is 20.2. The van der Waals surface area contributed by atoms with Crippen LogP contribution in [0.3, 0.4) is 0 Å². The maximum Gasteiger partial charge on any atom is 0.126 e. The summed E-state index contributed by atoms with van der Waals surface area (Å²) in [6.45, 7) is 0.968. The number of aliphatic imine (C=N–C) groups is 1. The molecule has 1 aromatic rings. The lowest BCUT2D eigenvalue weighted by molar-refractivity contribution is 0.556. The van der Waals surface area contributed by atoms with Gasteiger partial charge in [-0.2, -0.15) is 0 Å². The maximum absolute atomic E-state index is 5.20. The van der Waals surface area contributed by atoms with Crippen LogP contribution in [0.2, 0.25) is 0 Å². The Labute approximate surface area is 71.6 Å². The molecule has 0 fully saturated rings. The van der Waals surface area contributed by atoms with E-state index in [2.05, 4.69) is 4.99 Å². The minimum atomic E-state index is 0.915. The van der Waals surface area contributed by atoms with Gasteiger partial charge >= 0.3 is 0 Å². The fraction of sp³-hybridized carbons (Fsp3) is 0.300. The highest BCUT2D eigenvalue weighted by Crippen LogP contribution is 2.13. The number of hydrogen-bond acceptors (Lipinski definition) is 2. The Morgan fingerprint density at radius 3 is 3.17 bits per heavy atom. The maximum atomic E-state index is 5.20. The van der Waals surface area contributed by atoms with Crippen molar-refractivity contribution in [1.29, 1.82) is 0 Å². The molecule has 1 aromatic heterocycles. The fourth-order valence-corrected chi connectivity index (χ4v) is 1.29. The molecule has 0 radical (unpaired) electrons. The highest BCUT2D eigenvalue weighted by Gasteiger charge is 2.00. The third kappa shape index (κ3) is 1.64. The lowest BCUT2D eigenvalue weighted by atomic mass is 10.1. The van der Waals surface area contributed by atoms with Gasteiger partial charge < -0.3 is 4.42 Å². The molecule has 2 heterocycles. The molecule has 0 saturated carbocycles. The predicted octanol–water partition coefficient (Wildman–Crippen LogP) is 2.53. The average molecular weight is 161 g/mol. The van der Waals surface area contributed by atoms with Crippen LogP contribution in [0.25, 0.3) is 6.08 Å². The van der Waals surface area contributed by atoms with E-state index in [1.165, 1.54) is 5.57 Å². The Morgan fingerprint density at radius 2 is 2.50 bits per heavy atom. The lowest BCUT2D eigenvalue weighted by Gasteiger charge is -2.04. The molecule has 0 bridgehead atoms. The Morgan fingerprint density at radius 1 is 1.50 bits per heavy atom. The van der Waals surface area contributed by atoms with Crippen LogP contribution in [0, 0.1) is 0 Å².